The molecular formula is C32H47N3O3. The number of hydrogen-bond donors (Lipinski definition) is 2. The Morgan fingerprint density at radius 1 is 1.05 bits per heavy atom. The van der Waals surface area contributed by atoms with Gasteiger partial charge in [-0.25, -0.2) is 0 Å². The zero-order valence-corrected chi connectivity index (χ0v) is 23.4. The van der Waals surface area contributed by atoms with Crippen LogP contribution in [0.3, 0.4) is 0 Å². The Morgan fingerprint density at radius 2 is 1.82 bits per heavy atom. The van der Waals surface area contributed by atoms with Crippen molar-refractivity contribution in [2.24, 2.45) is 11.8 Å². The number of anilines is 1. The van der Waals surface area contributed by atoms with Crippen molar-refractivity contribution < 1.29 is 14.6 Å². The molecule has 0 bridgehead atoms. The Balaban J connectivity index is 1.10. The number of methoxy groups -OCH3 is 1. The predicted octanol–water partition coefficient (Wildman–Crippen LogP) is 5.50. The van der Waals surface area contributed by atoms with Crippen molar-refractivity contribution in [3.05, 3.63) is 59.7 Å². The van der Waals surface area contributed by atoms with Crippen molar-refractivity contribution in [1.82, 2.24) is 10.2 Å². The molecular weight excluding hydrogens is 474 g/mol. The quantitative estimate of drug-likeness (QED) is 0.361. The van der Waals surface area contributed by atoms with Crippen LogP contribution in [0.5, 0.6) is 5.75 Å². The lowest BCUT2D eigenvalue weighted by molar-refractivity contribution is 0.0212. The van der Waals surface area contributed by atoms with E-state index in [1.54, 1.807) is 24.3 Å². The summed E-state index contributed by atoms with van der Waals surface area (Å²) in [5, 5.41) is 12.8. The number of piperazine rings is 1. The fraction of sp³-hybridized carbons (Fsp3) is 0.594. The number of ether oxygens (including phenoxy) is 1. The van der Waals surface area contributed by atoms with Crippen molar-refractivity contribution in [1.29, 1.82) is 0 Å². The van der Waals surface area contributed by atoms with Crippen molar-refractivity contribution in [3.63, 3.8) is 0 Å². The second-order valence-electron chi connectivity index (χ2n) is 11.1. The van der Waals surface area contributed by atoms with Crippen LogP contribution >= 0.6 is 0 Å². The Morgan fingerprint density at radius 3 is 2.53 bits per heavy atom. The molecule has 6 heteroatoms. The summed E-state index contributed by atoms with van der Waals surface area (Å²) in [6.45, 7) is 8.63. The van der Waals surface area contributed by atoms with Crippen molar-refractivity contribution >= 4 is 11.6 Å². The molecule has 1 saturated carbocycles. The maximum atomic E-state index is 12.3. The average Bonchev–Trinajstić information content (AvgIpc) is 2.97. The molecule has 0 spiro atoms. The van der Waals surface area contributed by atoms with Gasteiger partial charge in [-0.3, -0.25) is 9.69 Å². The topological polar surface area (TPSA) is 65.0 Å². The number of rotatable bonds is 12. The minimum atomic E-state index is -0.218. The number of phenols is 1. The number of amides is 1. The van der Waals surface area contributed by atoms with Gasteiger partial charge < -0.3 is 20.1 Å². The van der Waals surface area contributed by atoms with Gasteiger partial charge in [-0.15, -0.1) is 0 Å². The number of aryl methyl sites for hydroxylation is 1. The summed E-state index contributed by atoms with van der Waals surface area (Å²) < 4.78 is 5.89. The van der Waals surface area contributed by atoms with Crippen LogP contribution in [0, 0.1) is 11.8 Å². The van der Waals surface area contributed by atoms with Crippen LogP contribution in [-0.4, -0.2) is 68.4 Å². The largest absolute Gasteiger partial charge is 0.507 e. The molecule has 4 rings (SSSR count). The van der Waals surface area contributed by atoms with Crippen LogP contribution in [0.25, 0.3) is 0 Å². The first kappa shape index (κ1) is 28.4. The Bertz CT molecular complexity index is 997. The Kier molecular flexibility index (Phi) is 10.9. The van der Waals surface area contributed by atoms with Gasteiger partial charge in [0.2, 0.25) is 0 Å². The molecule has 38 heavy (non-hydrogen) atoms. The molecule has 208 valence electrons. The van der Waals surface area contributed by atoms with E-state index in [0.29, 0.717) is 18.0 Å². The molecule has 2 N–H and O–H groups in total. The van der Waals surface area contributed by atoms with E-state index in [1.807, 2.05) is 7.11 Å². The molecule has 1 aliphatic heterocycles. The third-order valence-electron chi connectivity index (χ3n) is 8.73. The molecule has 2 aromatic carbocycles. The number of para-hydroxylation sites is 1. The van der Waals surface area contributed by atoms with Crippen LogP contribution in [-0.2, 0) is 11.2 Å². The molecule has 1 amide bonds. The highest BCUT2D eigenvalue weighted by Gasteiger charge is 2.28. The summed E-state index contributed by atoms with van der Waals surface area (Å²) in [6.07, 6.45) is 9.61. The number of benzene rings is 2. The van der Waals surface area contributed by atoms with Crippen LogP contribution in [0.2, 0.25) is 0 Å². The Hall–Kier alpha value is -2.57. The van der Waals surface area contributed by atoms with Gasteiger partial charge >= 0.3 is 0 Å². The van der Waals surface area contributed by atoms with Gasteiger partial charge in [-0.05, 0) is 86.7 Å². The van der Waals surface area contributed by atoms with Gasteiger partial charge in [0.1, 0.15) is 5.75 Å². The summed E-state index contributed by atoms with van der Waals surface area (Å²) in [7, 11) is 1.83. The lowest BCUT2D eigenvalue weighted by atomic mass is 9.77. The predicted molar refractivity (Wildman–Crippen MR) is 155 cm³/mol. The van der Waals surface area contributed by atoms with E-state index in [9.17, 15) is 9.90 Å². The second-order valence-corrected chi connectivity index (χ2v) is 11.1. The van der Waals surface area contributed by atoms with Gasteiger partial charge in [0, 0.05) is 45.5 Å². The van der Waals surface area contributed by atoms with Gasteiger partial charge in [0.25, 0.3) is 5.91 Å². The molecule has 6 nitrogen and oxygen atoms in total. The van der Waals surface area contributed by atoms with Gasteiger partial charge in [-0.2, -0.15) is 0 Å². The van der Waals surface area contributed by atoms with Crippen LogP contribution < -0.4 is 10.2 Å². The zero-order chi connectivity index (χ0) is 26.7. The molecule has 1 atom stereocenters. The smallest absolute Gasteiger partial charge is 0.255 e. The zero-order valence-electron chi connectivity index (χ0n) is 23.4. The first-order chi connectivity index (χ1) is 18.6. The second kappa shape index (κ2) is 14.5. The molecule has 2 aliphatic rings. The number of nitrogens with one attached hydrogen (secondary N) is 1. The summed E-state index contributed by atoms with van der Waals surface area (Å²) >= 11 is 0. The van der Waals surface area contributed by atoms with E-state index >= 15 is 0 Å². The Labute approximate surface area is 229 Å². The van der Waals surface area contributed by atoms with E-state index in [0.717, 1.165) is 51.4 Å². The fourth-order valence-corrected chi connectivity index (χ4v) is 6.23. The van der Waals surface area contributed by atoms with Gasteiger partial charge in [0.15, 0.2) is 0 Å². The molecule has 2 aromatic rings. The summed E-state index contributed by atoms with van der Waals surface area (Å²) in [4.78, 5) is 17.5. The van der Waals surface area contributed by atoms with E-state index < -0.39 is 0 Å². The molecule has 1 saturated heterocycles. The SMILES string of the molecule is CCc1cccc(N2CCN(CCC3CCC(C(CCCNC(=O)c4ccccc4O)OC)CC3)CC2)c1. The number of carbonyl (C=O) groups excluding carboxylic acids is 1. The fourth-order valence-electron chi connectivity index (χ4n) is 6.23. The van der Waals surface area contributed by atoms with E-state index in [4.69, 9.17) is 4.74 Å². The summed E-state index contributed by atoms with van der Waals surface area (Å²) in [6, 6.07) is 15.7. The van der Waals surface area contributed by atoms with Gasteiger partial charge in [-0.1, -0.05) is 44.0 Å². The number of hydrogen-bond acceptors (Lipinski definition) is 5. The van der Waals surface area contributed by atoms with E-state index in [1.165, 1.54) is 49.9 Å². The number of phenolic OH excluding ortho intramolecular Hbond substituents is 1. The highest BCUT2D eigenvalue weighted by atomic mass is 16.5. The standard InChI is InChI=1S/C32H47N3O3/c1-3-25-8-6-9-28(24-25)35-22-20-34(21-23-35)19-17-26-13-15-27(16-14-26)31(38-2)12-7-18-33-32(37)29-10-4-5-11-30(29)36/h4-6,8-11,24,26-27,31,36H,3,7,12-23H2,1-2H3,(H,33,37). The molecule has 1 aliphatic carbocycles. The van der Waals surface area contributed by atoms with E-state index in [2.05, 4.69) is 46.3 Å². The molecule has 1 unspecified atom stereocenters. The maximum Gasteiger partial charge on any atom is 0.255 e. The average molecular weight is 522 g/mol. The number of carbonyl (C=O) groups is 1. The van der Waals surface area contributed by atoms with Gasteiger partial charge in [0.05, 0.1) is 11.7 Å². The summed E-state index contributed by atoms with van der Waals surface area (Å²) in [5.74, 6) is 1.26. The van der Waals surface area contributed by atoms with E-state index in [-0.39, 0.29) is 17.8 Å². The van der Waals surface area contributed by atoms with Crippen LogP contribution in [0.1, 0.15) is 67.8 Å². The summed E-state index contributed by atoms with van der Waals surface area (Å²) in [5.41, 5.74) is 3.14. The molecule has 0 aromatic heterocycles. The number of aromatic hydroxyl groups is 1. The monoisotopic (exact) mass is 521 g/mol. The normalized spacial score (nSPS) is 21.3. The molecule has 1 heterocycles. The third kappa shape index (κ3) is 7.97. The lowest BCUT2D eigenvalue weighted by Gasteiger charge is -2.38. The van der Waals surface area contributed by atoms with Crippen molar-refractivity contribution in [3.8, 4) is 5.75 Å². The van der Waals surface area contributed by atoms with Crippen molar-refractivity contribution in [2.45, 2.75) is 64.4 Å². The first-order valence-corrected chi connectivity index (χ1v) is 14.7. The first-order valence-electron chi connectivity index (χ1n) is 14.7. The lowest BCUT2D eigenvalue weighted by Crippen LogP contribution is -2.47. The maximum absolute atomic E-state index is 12.3. The number of nitrogens with zero attached hydrogens (tertiary/aromatic N) is 2. The van der Waals surface area contributed by atoms with Crippen LogP contribution in [0.15, 0.2) is 48.5 Å². The molecule has 0 radical (unpaired) electrons. The minimum Gasteiger partial charge on any atom is -0.507 e. The van der Waals surface area contributed by atoms with Crippen LogP contribution in [0.4, 0.5) is 5.69 Å². The highest BCUT2D eigenvalue weighted by molar-refractivity contribution is 5.96. The third-order valence-corrected chi connectivity index (χ3v) is 8.73. The van der Waals surface area contributed by atoms with Crippen molar-refractivity contribution in [2.75, 3.05) is 51.3 Å². The molecule has 2 fully saturated rings. The minimum absolute atomic E-state index is 0.0245. The highest BCUT2D eigenvalue weighted by Crippen LogP contribution is 2.35.